The first-order valence-corrected chi connectivity index (χ1v) is 6.78. The Kier molecular flexibility index (Phi) is 3.53. The Morgan fingerprint density at radius 1 is 1.37 bits per heavy atom. The summed E-state index contributed by atoms with van der Waals surface area (Å²) in [5.74, 6) is -0.249. The zero-order chi connectivity index (χ0) is 13.2. The van der Waals surface area contributed by atoms with Gasteiger partial charge in [0, 0.05) is 29.4 Å². The van der Waals surface area contributed by atoms with Crippen molar-refractivity contribution in [3.05, 3.63) is 52.6 Å². The molecule has 0 saturated heterocycles. The van der Waals surface area contributed by atoms with E-state index in [1.807, 2.05) is 10.7 Å². The molecule has 100 valence electrons. The average Bonchev–Trinajstić information content (AvgIpc) is 3.12. The van der Waals surface area contributed by atoms with E-state index in [2.05, 4.69) is 10.4 Å². The van der Waals surface area contributed by atoms with E-state index in [0.29, 0.717) is 23.2 Å². The molecule has 5 heteroatoms. The number of benzene rings is 1. The highest BCUT2D eigenvalue weighted by Gasteiger charge is 2.20. The smallest absolute Gasteiger partial charge is 0.128 e. The summed E-state index contributed by atoms with van der Waals surface area (Å²) in [6, 6.07) is 7.20. The molecule has 0 unspecified atom stereocenters. The van der Waals surface area contributed by atoms with Crippen LogP contribution in [0.5, 0.6) is 0 Å². The Morgan fingerprint density at radius 3 is 3.00 bits per heavy atom. The summed E-state index contributed by atoms with van der Waals surface area (Å²) in [4.78, 5) is 0. The van der Waals surface area contributed by atoms with Crippen LogP contribution >= 0.6 is 11.6 Å². The molecule has 0 bridgehead atoms. The first-order chi connectivity index (χ1) is 9.22. The number of nitrogens with zero attached hydrogens (tertiary/aromatic N) is 2. The van der Waals surface area contributed by atoms with E-state index in [9.17, 15) is 4.39 Å². The van der Waals surface area contributed by atoms with Crippen molar-refractivity contribution in [2.75, 3.05) is 0 Å². The number of rotatable bonds is 5. The summed E-state index contributed by atoms with van der Waals surface area (Å²) in [6.07, 6.45) is 4.24. The summed E-state index contributed by atoms with van der Waals surface area (Å²) in [6.45, 7) is 1.17. The van der Waals surface area contributed by atoms with Crippen LogP contribution in [0.2, 0.25) is 5.02 Å². The maximum Gasteiger partial charge on any atom is 0.128 e. The highest BCUT2D eigenvalue weighted by atomic mass is 35.5. The summed E-state index contributed by atoms with van der Waals surface area (Å²) in [5, 5.41) is 8.22. The predicted molar refractivity (Wildman–Crippen MR) is 72.6 cm³/mol. The van der Waals surface area contributed by atoms with Gasteiger partial charge in [-0.15, -0.1) is 0 Å². The molecule has 3 nitrogen and oxygen atoms in total. The largest absolute Gasteiger partial charge is 0.308 e. The van der Waals surface area contributed by atoms with Gasteiger partial charge in [0.15, 0.2) is 0 Å². The van der Waals surface area contributed by atoms with Crippen LogP contribution in [0.3, 0.4) is 0 Å². The first-order valence-electron chi connectivity index (χ1n) is 6.40. The van der Waals surface area contributed by atoms with Crippen molar-refractivity contribution in [2.45, 2.75) is 32.0 Å². The molecule has 0 spiro atoms. The quantitative estimate of drug-likeness (QED) is 0.912. The lowest BCUT2D eigenvalue weighted by atomic mass is 10.2. The number of hydrogen-bond acceptors (Lipinski definition) is 2. The van der Waals surface area contributed by atoms with Crippen molar-refractivity contribution in [1.29, 1.82) is 0 Å². The van der Waals surface area contributed by atoms with Crippen molar-refractivity contribution >= 4 is 11.6 Å². The highest BCUT2D eigenvalue weighted by Crippen LogP contribution is 2.20. The standard InChI is InChI=1S/C14H15ClFN3/c15-11-1-4-14(16)10(7-11)9-19-13(5-6-18-19)8-17-12-2-3-12/h1,4-7,12,17H,2-3,8-9H2. The second-order valence-corrected chi connectivity index (χ2v) is 5.31. The average molecular weight is 280 g/mol. The Morgan fingerprint density at radius 2 is 2.21 bits per heavy atom. The van der Waals surface area contributed by atoms with Gasteiger partial charge in [0.05, 0.1) is 12.2 Å². The molecular formula is C14H15ClFN3. The van der Waals surface area contributed by atoms with Gasteiger partial charge in [0.1, 0.15) is 5.82 Å². The lowest BCUT2D eigenvalue weighted by molar-refractivity contribution is 0.560. The fourth-order valence-electron chi connectivity index (χ4n) is 2.01. The summed E-state index contributed by atoms with van der Waals surface area (Å²) in [7, 11) is 0. The molecule has 1 saturated carbocycles. The minimum absolute atomic E-state index is 0.249. The van der Waals surface area contributed by atoms with Gasteiger partial charge in [-0.25, -0.2) is 4.39 Å². The van der Waals surface area contributed by atoms with Gasteiger partial charge in [0.2, 0.25) is 0 Å². The van der Waals surface area contributed by atoms with Crippen molar-refractivity contribution in [3.63, 3.8) is 0 Å². The summed E-state index contributed by atoms with van der Waals surface area (Å²) < 4.78 is 15.5. The summed E-state index contributed by atoms with van der Waals surface area (Å²) >= 11 is 5.90. The normalized spacial score (nSPS) is 14.8. The SMILES string of the molecule is Fc1ccc(Cl)cc1Cn1nccc1CNC1CC1. The molecule has 1 aromatic carbocycles. The van der Waals surface area contributed by atoms with Crippen molar-refractivity contribution in [1.82, 2.24) is 15.1 Å². The van der Waals surface area contributed by atoms with E-state index in [1.165, 1.54) is 18.9 Å². The molecule has 2 aromatic rings. The van der Waals surface area contributed by atoms with Gasteiger partial charge >= 0.3 is 0 Å². The Hall–Kier alpha value is -1.39. The Bertz CT molecular complexity index is 578. The van der Waals surface area contributed by atoms with Crippen LogP contribution in [0.4, 0.5) is 4.39 Å². The fraction of sp³-hybridized carbons (Fsp3) is 0.357. The van der Waals surface area contributed by atoms with Crippen molar-refractivity contribution in [2.24, 2.45) is 0 Å². The molecule has 1 fully saturated rings. The van der Waals surface area contributed by atoms with Crippen LogP contribution in [0, 0.1) is 5.82 Å². The summed E-state index contributed by atoms with van der Waals surface area (Å²) in [5.41, 5.74) is 1.62. The molecule has 3 rings (SSSR count). The zero-order valence-electron chi connectivity index (χ0n) is 10.4. The highest BCUT2D eigenvalue weighted by molar-refractivity contribution is 6.30. The monoisotopic (exact) mass is 279 g/mol. The van der Waals surface area contributed by atoms with Crippen LogP contribution in [-0.4, -0.2) is 15.8 Å². The minimum Gasteiger partial charge on any atom is -0.308 e. The molecule has 1 N–H and O–H groups in total. The first kappa shape index (κ1) is 12.6. The van der Waals surface area contributed by atoms with Gasteiger partial charge in [-0.3, -0.25) is 4.68 Å². The molecule has 19 heavy (non-hydrogen) atoms. The van der Waals surface area contributed by atoms with E-state index in [4.69, 9.17) is 11.6 Å². The third-order valence-corrected chi connectivity index (χ3v) is 3.52. The third kappa shape index (κ3) is 3.14. The molecular weight excluding hydrogens is 265 g/mol. The number of halogens is 2. The molecule has 0 aliphatic heterocycles. The van der Waals surface area contributed by atoms with Crippen LogP contribution in [-0.2, 0) is 13.1 Å². The van der Waals surface area contributed by atoms with Gasteiger partial charge in [0.25, 0.3) is 0 Å². The fourth-order valence-corrected chi connectivity index (χ4v) is 2.21. The van der Waals surface area contributed by atoms with Crippen LogP contribution in [0.25, 0.3) is 0 Å². The molecule has 1 heterocycles. The maximum absolute atomic E-state index is 13.7. The van der Waals surface area contributed by atoms with Gasteiger partial charge in [-0.2, -0.15) is 5.10 Å². The molecule has 1 aliphatic carbocycles. The van der Waals surface area contributed by atoms with Crippen LogP contribution in [0.15, 0.2) is 30.5 Å². The molecule has 1 aromatic heterocycles. The minimum atomic E-state index is -0.249. The Labute approximate surface area is 116 Å². The van der Waals surface area contributed by atoms with E-state index < -0.39 is 0 Å². The van der Waals surface area contributed by atoms with E-state index in [0.717, 1.165) is 12.2 Å². The molecule has 0 amide bonds. The van der Waals surface area contributed by atoms with E-state index >= 15 is 0 Å². The van der Waals surface area contributed by atoms with Gasteiger partial charge in [-0.05, 0) is 37.1 Å². The number of aromatic nitrogens is 2. The lowest BCUT2D eigenvalue weighted by Crippen LogP contribution is -2.19. The van der Waals surface area contributed by atoms with E-state index in [-0.39, 0.29) is 5.82 Å². The third-order valence-electron chi connectivity index (χ3n) is 3.28. The van der Waals surface area contributed by atoms with Crippen LogP contribution < -0.4 is 5.32 Å². The number of hydrogen-bond donors (Lipinski definition) is 1. The lowest BCUT2D eigenvalue weighted by Gasteiger charge is -2.09. The number of nitrogens with one attached hydrogen (secondary N) is 1. The van der Waals surface area contributed by atoms with E-state index in [1.54, 1.807) is 18.3 Å². The molecule has 1 aliphatic rings. The van der Waals surface area contributed by atoms with Gasteiger partial charge in [-0.1, -0.05) is 11.6 Å². The maximum atomic E-state index is 13.7. The molecule has 0 radical (unpaired) electrons. The topological polar surface area (TPSA) is 29.9 Å². The molecule has 0 atom stereocenters. The predicted octanol–water partition coefficient (Wildman–Crippen LogP) is 2.98. The van der Waals surface area contributed by atoms with Crippen LogP contribution in [0.1, 0.15) is 24.1 Å². The second-order valence-electron chi connectivity index (χ2n) is 4.87. The Balaban J connectivity index is 1.74. The van der Waals surface area contributed by atoms with Crippen molar-refractivity contribution < 1.29 is 4.39 Å². The second kappa shape index (κ2) is 5.31. The van der Waals surface area contributed by atoms with Gasteiger partial charge < -0.3 is 5.32 Å². The van der Waals surface area contributed by atoms with Crippen molar-refractivity contribution in [3.8, 4) is 0 Å². The zero-order valence-corrected chi connectivity index (χ0v) is 11.2.